The minimum atomic E-state index is -0.287. The van der Waals surface area contributed by atoms with Crippen molar-refractivity contribution in [2.75, 3.05) is 27.0 Å². The first-order valence-corrected chi connectivity index (χ1v) is 13.0. The van der Waals surface area contributed by atoms with Crippen LogP contribution in [0.2, 0.25) is 0 Å². The highest BCUT2D eigenvalue weighted by Gasteiger charge is 2.34. The molecule has 4 heterocycles. The van der Waals surface area contributed by atoms with Crippen LogP contribution in [0.5, 0.6) is 17.2 Å². The van der Waals surface area contributed by atoms with Crippen molar-refractivity contribution in [1.82, 2.24) is 9.80 Å². The van der Waals surface area contributed by atoms with Gasteiger partial charge in [-0.3, -0.25) is 14.6 Å². The molecule has 0 aliphatic carbocycles. The normalized spacial score (nSPS) is 22.1. The Kier molecular flexibility index (Phi) is 6.24. The minimum Gasteiger partial charge on any atom is -0.493 e. The molecule has 6 rings (SSSR count). The molecule has 0 radical (unpaired) electrons. The van der Waals surface area contributed by atoms with Gasteiger partial charge in [-0.05, 0) is 62.3 Å². The summed E-state index contributed by atoms with van der Waals surface area (Å²) in [5.41, 5.74) is 3.10. The smallest absolute Gasteiger partial charge is 0.256 e. The van der Waals surface area contributed by atoms with E-state index in [1.165, 1.54) is 0 Å². The summed E-state index contributed by atoms with van der Waals surface area (Å²) < 4.78 is 17.4. The third-order valence-electron chi connectivity index (χ3n) is 7.96. The van der Waals surface area contributed by atoms with E-state index in [0.29, 0.717) is 52.2 Å². The standard InChI is InChI=1S/C28H31N3O6/c1-35-25-12-21-17(6-7-19-4-2-8-30(19)27(21)33)11-26(25)37-16-36-24-13-23-22(10-18(24)15-32)28(34)31-9-3-5-20(31)14-29-23/h10-14,19-20,32H,2-9,15-16H2,1H3/t19-,20-/m0/s1. The van der Waals surface area contributed by atoms with E-state index in [1.54, 1.807) is 25.3 Å². The molecule has 2 aromatic carbocycles. The van der Waals surface area contributed by atoms with E-state index in [2.05, 4.69) is 4.99 Å². The zero-order chi connectivity index (χ0) is 25.5. The molecule has 2 amide bonds. The minimum absolute atomic E-state index is 0.00843. The van der Waals surface area contributed by atoms with E-state index in [9.17, 15) is 14.7 Å². The van der Waals surface area contributed by atoms with Gasteiger partial charge in [0.15, 0.2) is 11.5 Å². The van der Waals surface area contributed by atoms with Gasteiger partial charge in [0.1, 0.15) is 5.75 Å². The number of carbonyl (C=O) groups excluding carboxylic acids is 2. The highest BCUT2D eigenvalue weighted by molar-refractivity contribution is 6.03. The number of methoxy groups -OCH3 is 1. The van der Waals surface area contributed by atoms with E-state index in [0.717, 1.165) is 50.6 Å². The third-order valence-corrected chi connectivity index (χ3v) is 7.96. The van der Waals surface area contributed by atoms with Crippen LogP contribution in [0.4, 0.5) is 5.69 Å². The van der Waals surface area contributed by atoms with Crippen molar-refractivity contribution in [3.05, 3.63) is 46.5 Å². The van der Waals surface area contributed by atoms with Gasteiger partial charge >= 0.3 is 0 Å². The number of hydrogen-bond acceptors (Lipinski definition) is 7. The molecule has 194 valence electrons. The van der Waals surface area contributed by atoms with Crippen LogP contribution in [0, 0.1) is 0 Å². The van der Waals surface area contributed by atoms with Crippen LogP contribution in [0.3, 0.4) is 0 Å². The number of aliphatic hydroxyl groups is 1. The lowest BCUT2D eigenvalue weighted by Crippen LogP contribution is -2.35. The average Bonchev–Trinajstić information content (AvgIpc) is 3.54. The van der Waals surface area contributed by atoms with Crippen molar-refractivity contribution < 1.29 is 28.9 Å². The zero-order valence-electron chi connectivity index (χ0n) is 20.9. The molecule has 0 aromatic heterocycles. The summed E-state index contributed by atoms with van der Waals surface area (Å²) in [7, 11) is 1.55. The summed E-state index contributed by atoms with van der Waals surface area (Å²) >= 11 is 0. The van der Waals surface area contributed by atoms with E-state index >= 15 is 0 Å². The van der Waals surface area contributed by atoms with Gasteiger partial charge in [-0.2, -0.15) is 0 Å². The maximum Gasteiger partial charge on any atom is 0.256 e. The molecule has 2 fully saturated rings. The number of benzene rings is 2. The first-order valence-electron chi connectivity index (χ1n) is 13.0. The molecule has 2 aromatic rings. The number of ether oxygens (including phenoxy) is 3. The van der Waals surface area contributed by atoms with Gasteiger partial charge in [-0.1, -0.05) is 0 Å². The fourth-order valence-corrected chi connectivity index (χ4v) is 5.99. The van der Waals surface area contributed by atoms with Crippen molar-refractivity contribution >= 4 is 23.7 Å². The maximum absolute atomic E-state index is 13.1. The Morgan fingerprint density at radius 2 is 1.70 bits per heavy atom. The van der Waals surface area contributed by atoms with E-state index in [1.807, 2.05) is 22.1 Å². The Balaban J connectivity index is 1.22. The van der Waals surface area contributed by atoms with Gasteiger partial charge in [-0.15, -0.1) is 0 Å². The van der Waals surface area contributed by atoms with Gasteiger partial charge < -0.3 is 29.1 Å². The highest BCUT2D eigenvalue weighted by atomic mass is 16.7. The lowest BCUT2D eigenvalue weighted by Gasteiger charge is -2.22. The molecule has 0 unspecified atom stereocenters. The lowest BCUT2D eigenvalue weighted by molar-refractivity contribution is 0.0738. The summed E-state index contributed by atoms with van der Waals surface area (Å²) in [5, 5.41) is 9.97. The van der Waals surface area contributed by atoms with Gasteiger partial charge in [0, 0.05) is 42.5 Å². The van der Waals surface area contributed by atoms with Crippen LogP contribution in [-0.2, 0) is 13.0 Å². The molecule has 37 heavy (non-hydrogen) atoms. The monoisotopic (exact) mass is 505 g/mol. The number of aliphatic imine (C=N–C) groups is 1. The van der Waals surface area contributed by atoms with Crippen LogP contribution in [0.25, 0.3) is 0 Å². The van der Waals surface area contributed by atoms with Gasteiger partial charge in [0.25, 0.3) is 11.8 Å². The second kappa shape index (κ2) is 9.70. The average molecular weight is 506 g/mol. The number of rotatable bonds is 6. The van der Waals surface area contributed by atoms with Crippen molar-refractivity contribution in [3.8, 4) is 17.2 Å². The van der Waals surface area contributed by atoms with Crippen LogP contribution in [-0.4, -0.2) is 72.0 Å². The lowest BCUT2D eigenvalue weighted by atomic mass is 10.0. The third kappa shape index (κ3) is 4.21. The number of aryl methyl sites for hydroxylation is 1. The number of nitrogens with zero attached hydrogens (tertiary/aromatic N) is 3. The van der Waals surface area contributed by atoms with Gasteiger partial charge in [-0.25, -0.2) is 0 Å². The molecule has 0 saturated carbocycles. The first kappa shape index (κ1) is 23.8. The Morgan fingerprint density at radius 1 is 0.919 bits per heavy atom. The molecule has 9 heteroatoms. The van der Waals surface area contributed by atoms with E-state index in [-0.39, 0.29) is 31.3 Å². The van der Waals surface area contributed by atoms with Crippen molar-refractivity contribution in [2.24, 2.45) is 4.99 Å². The summed E-state index contributed by atoms with van der Waals surface area (Å²) in [5.74, 6) is 1.35. The Morgan fingerprint density at radius 3 is 2.54 bits per heavy atom. The van der Waals surface area contributed by atoms with Crippen LogP contribution < -0.4 is 14.2 Å². The zero-order valence-corrected chi connectivity index (χ0v) is 20.9. The van der Waals surface area contributed by atoms with Crippen LogP contribution in [0.15, 0.2) is 29.3 Å². The molecule has 9 nitrogen and oxygen atoms in total. The highest BCUT2D eigenvalue weighted by Crippen LogP contribution is 2.37. The summed E-state index contributed by atoms with van der Waals surface area (Å²) in [6, 6.07) is 7.29. The second-order valence-corrected chi connectivity index (χ2v) is 10.0. The number of hydrogen-bond donors (Lipinski definition) is 1. The Labute approximate surface area is 215 Å². The molecule has 2 atom stereocenters. The van der Waals surface area contributed by atoms with E-state index < -0.39 is 0 Å². The molecule has 4 aliphatic rings. The fourth-order valence-electron chi connectivity index (χ4n) is 5.99. The fraction of sp³-hybridized carbons (Fsp3) is 0.464. The molecule has 4 aliphatic heterocycles. The summed E-state index contributed by atoms with van der Waals surface area (Å²) in [6.45, 7) is 1.09. The molecular formula is C28H31N3O6. The largest absolute Gasteiger partial charge is 0.493 e. The quantitative estimate of drug-likeness (QED) is 0.604. The summed E-state index contributed by atoms with van der Waals surface area (Å²) in [4.78, 5) is 34.6. The Hall–Kier alpha value is -3.59. The number of amides is 2. The molecule has 0 bridgehead atoms. The van der Waals surface area contributed by atoms with Gasteiger partial charge in [0.2, 0.25) is 6.79 Å². The predicted molar refractivity (Wildman–Crippen MR) is 136 cm³/mol. The number of carbonyl (C=O) groups is 2. The SMILES string of the molecule is COc1cc2c(cc1OCOc1cc3c(cc1CO)C(=O)N1CCC[C@H]1C=N3)CC[C@@H]1CCCN1C2=O. The van der Waals surface area contributed by atoms with Crippen molar-refractivity contribution in [1.29, 1.82) is 0 Å². The first-order chi connectivity index (χ1) is 18.1. The predicted octanol–water partition coefficient (Wildman–Crippen LogP) is 3.47. The van der Waals surface area contributed by atoms with Crippen LogP contribution >= 0.6 is 0 Å². The van der Waals surface area contributed by atoms with Gasteiger partial charge in [0.05, 0.1) is 31.0 Å². The molecule has 2 saturated heterocycles. The van der Waals surface area contributed by atoms with E-state index in [4.69, 9.17) is 14.2 Å². The number of fused-ring (bicyclic) bond motifs is 4. The Bertz CT molecular complexity index is 1280. The molecular weight excluding hydrogens is 474 g/mol. The summed E-state index contributed by atoms with van der Waals surface area (Å²) in [6.07, 6.45) is 7.53. The molecule has 1 N–H and O–H groups in total. The van der Waals surface area contributed by atoms with Crippen molar-refractivity contribution in [3.63, 3.8) is 0 Å². The maximum atomic E-state index is 13.1. The topological polar surface area (TPSA) is 101 Å². The second-order valence-electron chi connectivity index (χ2n) is 10.0. The van der Waals surface area contributed by atoms with Crippen molar-refractivity contribution in [2.45, 2.75) is 57.2 Å². The van der Waals surface area contributed by atoms with Crippen LogP contribution in [0.1, 0.15) is 63.9 Å². The number of aliphatic hydroxyl groups excluding tert-OH is 1. The molecule has 0 spiro atoms.